The van der Waals surface area contributed by atoms with Gasteiger partial charge in [0.1, 0.15) is 5.02 Å². The van der Waals surface area contributed by atoms with Gasteiger partial charge in [-0.1, -0.05) is 51.8 Å². The summed E-state index contributed by atoms with van der Waals surface area (Å²) in [5.41, 5.74) is 0.971. The highest BCUT2D eigenvalue weighted by Gasteiger charge is 2.35. The first-order valence-electron chi connectivity index (χ1n) is 7.29. The smallest absolute Gasteiger partial charge is 0.268 e. The topological polar surface area (TPSA) is 80.5 Å². The van der Waals surface area contributed by atoms with Crippen LogP contribution >= 0.6 is 39.3 Å². The number of carbonyl (C=O) groups is 2. The predicted molar refractivity (Wildman–Crippen MR) is 104 cm³/mol. The van der Waals surface area contributed by atoms with Crippen LogP contribution in [0.25, 0.3) is 6.08 Å². The molecular formula is C17H10BrClN2O4S. The summed E-state index contributed by atoms with van der Waals surface area (Å²) in [6, 6.07) is 11.5. The molecule has 0 radical (unpaired) electrons. The van der Waals surface area contributed by atoms with Crippen LogP contribution in [0.1, 0.15) is 11.1 Å². The third-order valence-corrected chi connectivity index (χ3v) is 5.63. The van der Waals surface area contributed by atoms with Gasteiger partial charge in [0.2, 0.25) is 0 Å². The number of carbonyl (C=O) groups excluding carboxylic acids is 2. The van der Waals surface area contributed by atoms with Crippen molar-refractivity contribution in [1.29, 1.82) is 0 Å². The summed E-state index contributed by atoms with van der Waals surface area (Å²) in [4.78, 5) is 36.5. The van der Waals surface area contributed by atoms with Crippen molar-refractivity contribution >= 4 is 62.2 Å². The lowest BCUT2D eigenvalue weighted by Crippen LogP contribution is -2.27. The van der Waals surface area contributed by atoms with Crippen molar-refractivity contribution in [1.82, 2.24) is 4.90 Å². The highest BCUT2D eigenvalue weighted by Crippen LogP contribution is 2.35. The van der Waals surface area contributed by atoms with Crippen molar-refractivity contribution < 1.29 is 14.5 Å². The van der Waals surface area contributed by atoms with Crippen LogP contribution in [0.4, 0.5) is 10.5 Å². The molecule has 0 spiro atoms. The summed E-state index contributed by atoms with van der Waals surface area (Å²) in [5, 5.41) is 10.6. The summed E-state index contributed by atoms with van der Waals surface area (Å²) >= 11 is 9.98. The Bertz CT molecular complexity index is 964. The zero-order valence-electron chi connectivity index (χ0n) is 13.0. The molecule has 1 fully saturated rings. The maximum Gasteiger partial charge on any atom is 0.293 e. The lowest BCUT2D eigenvalue weighted by Gasteiger charge is -2.13. The fourth-order valence-electron chi connectivity index (χ4n) is 2.34. The van der Waals surface area contributed by atoms with E-state index in [0.29, 0.717) is 5.56 Å². The molecule has 2 aromatic carbocycles. The second-order valence-corrected chi connectivity index (χ2v) is 7.58. The Morgan fingerprint density at radius 3 is 2.65 bits per heavy atom. The molecule has 0 unspecified atom stereocenters. The second-order valence-electron chi connectivity index (χ2n) is 5.33. The molecule has 0 aromatic heterocycles. The highest BCUT2D eigenvalue weighted by atomic mass is 79.9. The van der Waals surface area contributed by atoms with E-state index in [2.05, 4.69) is 15.9 Å². The summed E-state index contributed by atoms with van der Waals surface area (Å²) in [6.07, 6.45) is 1.45. The van der Waals surface area contributed by atoms with Crippen LogP contribution in [0.3, 0.4) is 0 Å². The van der Waals surface area contributed by atoms with Gasteiger partial charge in [-0.3, -0.25) is 24.6 Å². The molecule has 0 bridgehead atoms. The number of benzene rings is 2. The standard InChI is InChI=1S/C17H10BrClN2O4S/c18-12-4-2-1-3-11(12)9-20-16(22)15(26-17(20)23)8-10-5-6-13(19)14(7-10)21(24)25/h1-8H,9H2/b15-8-. The first-order chi connectivity index (χ1) is 12.4. The molecule has 9 heteroatoms. The molecule has 0 N–H and O–H groups in total. The van der Waals surface area contributed by atoms with Crippen molar-refractivity contribution in [2.24, 2.45) is 0 Å². The van der Waals surface area contributed by atoms with Crippen LogP contribution in [0, 0.1) is 10.1 Å². The van der Waals surface area contributed by atoms with Crippen molar-refractivity contribution in [3.8, 4) is 0 Å². The number of halogens is 2. The van der Waals surface area contributed by atoms with Gasteiger partial charge in [-0.25, -0.2) is 0 Å². The van der Waals surface area contributed by atoms with Crippen LogP contribution < -0.4 is 0 Å². The summed E-state index contributed by atoms with van der Waals surface area (Å²) in [7, 11) is 0. The Balaban J connectivity index is 1.87. The molecule has 1 heterocycles. The Kier molecular flexibility index (Phi) is 5.45. The van der Waals surface area contributed by atoms with Crippen molar-refractivity contribution in [2.45, 2.75) is 6.54 Å². The normalized spacial score (nSPS) is 15.8. The van der Waals surface area contributed by atoms with Gasteiger partial charge in [-0.2, -0.15) is 0 Å². The van der Waals surface area contributed by atoms with Crippen LogP contribution in [-0.2, 0) is 11.3 Å². The van der Waals surface area contributed by atoms with Gasteiger partial charge < -0.3 is 0 Å². The SMILES string of the molecule is O=C1S/C(=C\c2ccc(Cl)c([N+](=O)[O-])c2)C(=O)N1Cc1ccccc1Br. The van der Waals surface area contributed by atoms with E-state index in [4.69, 9.17) is 11.6 Å². The number of rotatable bonds is 4. The first-order valence-corrected chi connectivity index (χ1v) is 9.28. The predicted octanol–water partition coefficient (Wildman–Crippen LogP) is 5.25. The summed E-state index contributed by atoms with van der Waals surface area (Å²) in [6.45, 7) is 0.143. The van der Waals surface area contributed by atoms with E-state index in [0.717, 1.165) is 26.7 Å². The molecule has 6 nitrogen and oxygen atoms in total. The van der Waals surface area contributed by atoms with E-state index in [-0.39, 0.29) is 27.4 Å². The lowest BCUT2D eigenvalue weighted by molar-refractivity contribution is -0.384. The average molecular weight is 454 g/mol. The fraction of sp³-hybridized carbons (Fsp3) is 0.0588. The number of nitro benzene ring substituents is 1. The van der Waals surface area contributed by atoms with Gasteiger partial charge in [-0.15, -0.1) is 0 Å². The largest absolute Gasteiger partial charge is 0.293 e. The molecule has 26 heavy (non-hydrogen) atoms. The maximum absolute atomic E-state index is 12.6. The van der Waals surface area contributed by atoms with E-state index >= 15 is 0 Å². The number of thioether (sulfide) groups is 1. The van der Waals surface area contributed by atoms with E-state index < -0.39 is 10.8 Å². The molecular weight excluding hydrogens is 444 g/mol. The fourth-order valence-corrected chi connectivity index (χ4v) is 3.78. The number of imide groups is 1. The van der Waals surface area contributed by atoms with E-state index in [1.807, 2.05) is 24.3 Å². The van der Waals surface area contributed by atoms with Crippen molar-refractivity contribution in [3.05, 3.63) is 78.1 Å². The molecule has 1 aliphatic rings. The average Bonchev–Trinajstić information content (AvgIpc) is 2.85. The van der Waals surface area contributed by atoms with Crippen molar-refractivity contribution in [3.63, 3.8) is 0 Å². The van der Waals surface area contributed by atoms with E-state index in [1.165, 1.54) is 18.2 Å². The van der Waals surface area contributed by atoms with Gasteiger partial charge in [0.05, 0.1) is 16.4 Å². The maximum atomic E-state index is 12.6. The van der Waals surface area contributed by atoms with Gasteiger partial charge >= 0.3 is 0 Å². The Hall–Kier alpha value is -2.16. The molecule has 2 amide bonds. The number of amides is 2. The van der Waals surface area contributed by atoms with Crippen molar-refractivity contribution in [2.75, 3.05) is 0 Å². The van der Waals surface area contributed by atoms with E-state index in [1.54, 1.807) is 6.07 Å². The quantitative estimate of drug-likeness (QED) is 0.359. The molecule has 3 rings (SSSR count). The molecule has 1 aliphatic heterocycles. The number of hydrogen-bond acceptors (Lipinski definition) is 5. The Morgan fingerprint density at radius 1 is 1.23 bits per heavy atom. The van der Waals surface area contributed by atoms with Gasteiger partial charge in [0, 0.05) is 10.5 Å². The number of nitro groups is 1. The highest BCUT2D eigenvalue weighted by molar-refractivity contribution is 9.10. The van der Waals surface area contributed by atoms with Crippen LogP contribution in [0.5, 0.6) is 0 Å². The number of hydrogen-bond donors (Lipinski definition) is 0. The molecule has 0 aliphatic carbocycles. The zero-order valence-corrected chi connectivity index (χ0v) is 16.2. The summed E-state index contributed by atoms with van der Waals surface area (Å²) in [5.74, 6) is -0.437. The summed E-state index contributed by atoms with van der Waals surface area (Å²) < 4.78 is 0.802. The minimum Gasteiger partial charge on any atom is -0.268 e. The van der Waals surface area contributed by atoms with Gasteiger partial charge in [0.25, 0.3) is 16.8 Å². The van der Waals surface area contributed by atoms with Crippen LogP contribution in [-0.4, -0.2) is 21.0 Å². The monoisotopic (exact) mass is 452 g/mol. The Labute approximate surface area is 166 Å². The van der Waals surface area contributed by atoms with Crippen LogP contribution in [0.2, 0.25) is 5.02 Å². The molecule has 0 atom stereocenters. The zero-order chi connectivity index (χ0) is 18.8. The molecule has 1 saturated heterocycles. The van der Waals surface area contributed by atoms with Gasteiger partial charge in [0.15, 0.2) is 0 Å². The van der Waals surface area contributed by atoms with Gasteiger partial charge in [-0.05, 0) is 41.1 Å². The second kappa shape index (κ2) is 7.61. The third-order valence-electron chi connectivity index (χ3n) is 3.62. The first kappa shape index (κ1) is 18.6. The lowest BCUT2D eigenvalue weighted by atomic mass is 10.1. The molecule has 0 saturated carbocycles. The minimum absolute atomic E-state index is 0.00850. The molecule has 132 valence electrons. The minimum atomic E-state index is -0.599. The number of nitrogens with zero attached hydrogens (tertiary/aromatic N) is 2. The Morgan fingerprint density at radius 2 is 1.96 bits per heavy atom. The third kappa shape index (κ3) is 3.82. The van der Waals surface area contributed by atoms with E-state index in [9.17, 15) is 19.7 Å². The molecule has 2 aromatic rings. The van der Waals surface area contributed by atoms with Crippen LogP contribution in [0.15, 0.2) is 51.8 Å².